The highest BCUT2D eigenvalue weighted by Gasteiger charge is 2.37. The maximum absolute atomic E-state index is 12.9. The van der Waals surface area contributed by atoms with Crippen LogP contribution in [0.4, 0.5) is 26.3 Å². The third-order valence-corrected chi connectivity index (χ3v) is 3.94. The van der Waals surface area contributed by atoms with Crippen LogP contribution in [0.1, 0.15) is 36.5 Å². The van der Waals surface area contributed by atoms with Gasteiger partial charge in [-0.05, 0) is 49.9 Å². The Kier molecular flexibility index (Phi) is 5.65. The Morgan fingerprint density at radius 2 is 1.64 bits per heavy atom. The summed E-state index contributed by atoms with van der Waals surface area (Å²) >= 11 is 0. The number of rotatable bonds is 4. The minimum atomic E-state index is -4.87. The van der Waals surface area contributed by atoms with E-state index in [0.29, 0.717) is 25.0 Å². The first-order chi connectivity index (χ1) is 11.5. The number of esters is 1. The lowest BCUT2D eigenvalue weighted by atomic mass is 9.99. The number of carbonyl (C=O) groups is 1. The summed E-state index contributed by atoms with van der Waals surface area (Å²) in [6.45, 7) is 1.84. The van der Waals surface area contributed by atoms with Gasteiger partial charge in [-0.1, -0.05) is 0 Å². The molecule has 0 bridgehead atoms. The van der Waals surface area contributed by atoms with Crippen LogP contribution in [0.2, 0.25) is 0 Å². The highest BCUT2D eigenvalue weighted by Crippen LogP contribution is 2.36. The predicted octanol–water partition coefficient (Wildman–Crippen LogP) is 3.95. The summed E-state index contributed by atoms with van der Waals surface area (Å²) in [6, 6.07) is 0.563. The SMILES string of the molecule is CCOC(=O)C1CCC(Cc2cc(C(F)(F)F)cc(C(F)(F)F)c2)N1. The lowest BCUT2D eigenvalue weighted by molar-refractivity contribution is -0.145. The highest BCUT2D eigenvalue weighted by molar-refractivity contribution is 5.76. The van der Waals surface area contributed by atoms with Gasteiger partial charge in [-0.3, -0.25) is 4.79 Å². The molecule has 1 heterocycles. The molecule has 3 nitrogen and oxygen atoms in total. The van der Waals surface area contributed by atoms with Gasteiger partial charge in [0.2, 0.25) is 0 Å². The van der Waals surface area contributed by atoms with Crippen LogP contribution in [-0.2, 0) is 28.3 Å². The number of hydrogen-bond donors (Lipinski definition) is 1. The number of hydrogen-bond acceptors (Lipinski definition) is 3. The van der Waals surface area contributed by atoms with Crippen LogP contribution in [0, 0.1) is 0 Å². The summed E-state index contributed by atoms with van der Waals surface area (Å²) < 4.78 is 82.0. The molecule has 0 amide bonds. The first kappa shape index (κ1) is 19.6. The fraction of sp³-hybridized carbons (Fsp3) is 0.562. The van der Waals surface area contributed by atoms with Crippen molar-refractivity contribution in [2.45, 2.75) is 50.6 Å². The zero-order valence-electron chi connectivity index (χ0n) is 13.3. The molecule has 2 rings (SSSR count). The lowest BCUT2D eigenvalue weighted by Crippen LogP contribution is -2.37. The van der Waals surface area contributed by atoms with Gasteiger partial charge < -0.3 is 10.1 Å². The Labute approximate surface area is 140 Å². The molecule has 0 saturated carbocycles. The molecule has 1 aliphatic heterocycles. The summed E-state index contributed by atoms with van der Waals surface area (Å²) in [5.41, 5.74) is -2.75. The zero-order chi connectivity index (χ0) is 18.8. The summed E-state index contributed by atoms with van der Waals surface area (Å²) in [7, 11) is 0. The van der Waals surface area contributed by atoms with Crippen LogP contribution in [0.5, 0.6) is 0 Å². The number of alkyl halides is 6. The molecule has 2 atom stereocenters. The molecule has 1 aliphatic rings. The number of nitrogens with one attached hydrogen (secondary N) is 1. The van der Waals surface area contributed by atoms with Crippen molar-refractivity contribution in [2.75, 3.05) is 6.61 Å². The van der Waals surface area contributed by atoms with Crippen LogP contribution in [0.3, 0.4) is 0 Å². The fourth-order valence-electron chi connectivity index (χ4n) is 2.83. The number of ether oxygens (including phenoxy) is 1. The monoisotopic (exact) mass is 369 g/mol. The van der Waals surface area contributed by atoms with Crippen molar-refractivity contribution >= 4 is 5.97 Å². The van der Waals surface area contributed by atoms with Crippen molar-refractivity contribution in [3.63, 3.8) is 0 Å². The Balaban J connectivity index is 2.18. The van der Waals surface area contributed by atoms with Crippen molar-refractivity contribution in [3.05, 3.63) is 34.9 Å². The number of benzene rings is 1. The minimum Gasteiger partial charge on any atom is -0.465 e. The van der Waals surface area contributed by atoms with E-state index in [4.69, 9.17) is 4.74 Å². The molecule has 1 aromatic rings. The Hall–Kier alpha value is -1.77. The zero-order valence-corrected chi connectivity index (χ0v) is 13.3. The topological polar surface area (TPSA) is 38.3 Å². The maximum atomic E-state index is 12.9. The maximum Gasteiger partial charge on any atom is 0.416 e. The molecule has 0 aliphatic carbocycles. The van der Waals surface area contributed by atoms with Gasteiger partial charge in [-0.25, -0.2) is 0 Å². The summed E-state index contributed by atoms with van der Waals surface area (Å²) in [5.74, 6) is -0.468. The molecule has 1 saturated heterocycles. The molecule has 1 fully saturated rings. The molecule has 0 spiro atoms. The van der Waals surface area contributed by atoms with E-state index in [1.54, 1.807) is 6.92 Å². The van der Waals surface area contributed by atoms with Crippen molar-refractivity contribution in [2.24, 2.45) is 0 Å². The standard InChI is InChI=1S/C16H17F6NO2/c1-2-25-14(24)13-4-3-12(23-13)7-9-5-10(15(17,18)19)8-11(6-9)16(20,21)22/h5-6,8,12-13,23H,2-4,7H2,1H3. The van der Waals surface area contributed by atoms with Gasteiger partial charge in [-0.2, -0.15) is 26.3 Å². The van der Waals surface area contributed by atoms with E-state index in [1.807, 2.05) is 0 Å². The average molecular weight is 369 g/mol. The van der Waals surface area contributed by atoms with E-state index >= 15 is 0 Å². The molecule has 2 unspecified atom stereocenters. The highest BCUT2D eigenvalue weighted by atomic mass is 19.4. The van der Waals surface area contributed by atoms with E-state index in [0.717, 1.165) is 0 Å². The second-order valence-corrected chi connectivity index (χ2v) is 5.86. The first-order valence-corrected chi connectivity index (χ1v) is 7.71. The van der Waals surface area contributed by atoms with Crippen LogP contribution >= 0.6 is 0 Å². The third-order valence-electron chi connectivity index (χ3n) is 3.94. The van der Waals surface area contributed by atoms with Crippen LogP contribution in [-0.4, -0.2) is 24.7 Å². The average Bonchev–Trinajstić information content (AvgIpc) is 2.94. The summed E-state index contributed by atoms with van der Waals surface area (Å²) in [5, 5.41) is 2.90. The number of carbonyl (C=O) groups excluding carboxylic acids is 1. The molecule has 1 N–H and O–H groups in total. The summed E-state index contributed by atoms with van der Waals surface area (Å²) in [6.07, 6.45) is -8.89. The predicted molar refractivity (Wildman–Crippen MR) is 76.7 cm³/mol. The van der Waals surface area contributed by atoms with Crippen LogP contribution in [0.15, 0.2) is 18.2 Å². The quantitative estimate of drug-likeness (QED) is 0.645. The molecule has 1 aromatic carbocycles. The minimum absolute atomic E-state index is 0.0388. The smallest absolute Gasteiger partial charge is 0.416 e. The van der Waals surface area contributed by atoms with E-state index in [-0.39, 0.29) is 30.7 Å². The normalized spacial score (nSPS) is 21.4. The van der Waals surface area contributed by atoms with Crippen molar-refractivity contribution in [1.29, 1.82) is 0 Å². The van der Waals surface area contributed by atoms with Crippen LogP contribution in [0.25, 0.3) is 0 Å². The van der Waals surface area contributed by atoms with Gasteiger partial charge in [0.25, 0.3) is 0 Å². The molecular weight excluding hydrogens is 352 g/mol. The molecule has 0 radical (unpaired) electrons. The Bertz CT molecular complexity index is 594. The Morgan fingerprint density at radius 3 is 2.12 bits per heavy atom. The van der Waals surface area contributed by atoms with Gasteiger partial charge in [0.1, 0.15) is 6.04 Å². The van der Waals surface area contributed by atoms with E-state index in [1.165, 1.54) is 0 Å². The van der Waals surface area contributed by atoms with E-state index in [2.05, 4.69) is 5.32 Å². The lowest BCUT2D eigenvalue weighted by Gasteiger charge is -2.17. The largest absolute Gasteiger partial charge is 0.465 e. The van der Waals surface area contributed by atoms with Gasteiger partial charge in [0.05, 0.1) is 17.7 Å². The molecule has 25 heavy (non-hydrogen) atoms. The molecule has 9 heteroatoms. The van der Waals surface area contributed by atoms with E-state index in [9.17, 15) is 31.1 Å². The molecule has 140 valence electrons. The van der Waals surface area contributed by atoms with Gasteiger partial charge in [0.15, 0.2) is 0 Å². The molecule has 0 aromatic heterocycles. The first-order valence-electron chi connectivity index (χ1n) is 7.71. The van der Waals surface area contributed by atoms with Crippen LogP contribution < -0.4 is 5.32 Å². The number of halogens is 6. The molecular formula is C16H17F6NO2. The fourth-order valence-corrected chi connectivity index (χ4v) is 2.83. The van der Waals surface area contributed by atoms with Gasteiger partial charge >= 0.3 is 18.3 Å². The second kappa shape index (κ2) is 7.23. The van der Waals surface area contributed by atoms with Gasteiger partial charge in [-0.15, -0.1) is 0 Å². The van der Waals surface area contributed by atoms with Crippen molar-refractivity contribution < 1.29 is 35.9 Å². The Morgan fingerprint density at radius 1 is 1.08 bits per heavy atom. The van der Waals surface area contributed by atoms with Gasteiger partial charge in [0, 0.05) is 6.04 Å². The second-order valence-electron chi connectivity index (χ2n) is 5.86. The van der Waals surface area contributed by atoms with Crippen molar-refractivity contribution in [3.8, 4) is 0 Å². The summed E-state index contributed by atoms with van der Waals surface area (Å²) in [4.78, 5) is 11.6. The third kappa shape index (κ3) is 5.10. The van der Waals surface area contributed by atoms with Crippen molar-refractivity contribution in [1.82, 2.24) is 5.32 Å². The van der Waals surface area contributed by atoms with E-state index < -0.39 is 35.5 Å².